The Morgan fingerprint density at radius 2 is 2.05 bits per heavy atom. The van der Waals surface area contributed by atoms with Crippen molar-refractivity contribution in [3.63, 3.8) is 0 Å². The first-order valence-corrected chi connectivity index (χ1v) is 8.61. The fourth-order valence-electron chi connectivity index (χ4n) is 2.77. The van der Waals surface area contributed by atoms with Crippen LogP contribution in [0.15, 0.2) is 12.1 Å². The van der Waals surface area contributed by atoms with Crippen LogP contribution >= 0.6 is 0 Å². The lowest BCUT2D eigenvalue weighted by Gasteiger charge is -2.22. The van der Waals surface area contributed by atoms with Crippen LogP contribution in [0.4, 0.5) is 5.82 Å². The molecule has 0 spiro atoms. The molecule has 1 aromatic heterocycles. The Balaban J connectivity index is 1.80. The minimum Gasteiger partial charge on any atom is -0.356 e. The van der Waals surface area contributed by atoms with E-state index >= 15 is 0 Å². The zero-order chi connectivity index (χ0) is 13.1. The Morgan fingerprint density at radius 3 is 3.00 bits per heavy atom. The molecule has 3 rings (SSSR count). The molecule has 1 N–H and O–H groups in total. The van der Waals surface area contributed by atoms with E-state index in [-0.39, 0.29) is 0 Å². The van der Waals surface area contributed by atoms with Gasteiger partial charge in [-0.05, 0) is 31.0 Å². The number of fused-ring (bicyclic) bond motifs is 1. The molecule has 0 aliphatic carbocycles. The van der Waals surface area contributed by atoms with Crippen molar-refractivity contribution in [3.05, 3.63) is 23.4 Å². The fraction of sp³-hybridized carbons (Fsp3) is 0.643. The number of hydrogen-bond acceptors (Lipinski definition) is 4. The molecule has 104 valence electrons. The van der Waals surface area contributed by atoms with Crippen LogP contribution in [0, 0.1) is 0 Å². The lowest BCUT2D eigenvalue weighted by atomic mass is 10.1. The first-order chi connectivity index (χ1) is 9.33. The van der Waals surface area contributed by atoms with Gasteiger partial charge in [-0.2, -0.15) is 0 Å². The summed E-state index contributed by atoms with van der Waals surface area (Å²) in [5, 5.41) is 3.42. The van der Waals surface area contributed by atoms with E-state index in [1.54, 1.807) is 0 Å². The minimum absolute atomic E-state index is 0.636. The molecule has 5 heteroatoms. The molecular weight excluding hydrogens is 258 g/mol. The van der Waals surface area contributed by atoms with E-state index < -0.39 is 10.8 Å². The van der Waals surface area contributed by atoms with Crippen molar-refractivity contribution in [3.8, 4) is 0 Å². The number of rotatable bonds is 1. The van der Waals surface area contributed by atoms with Crippen LogP contribution in [0.2, 0.25) is 0 Å². The highest BCUT2D eigenvalue weighted by Gasteiger charge is 2.16. The number of aromatic nitrogens is 1. The summed E-state index contributed by atoms with van der Waals surface area (Å²) >= 11 is 0. The molecule has 0 bridgehead atoms. The van der Waals surface area contributed by atoms with E-state index in [4.69, 9.17) is 4.98 Å². The zero-order valence-corrected chi connectivity index (χ0v) is 12.0. The number of pyridine rings is 1. The van der Waals surface area contributed by atoms with Crippen molar-refractivity contribution in [2.24, 2.45) is 0 Å². The molecule has 2 aliphatic rings. The highest BCUT2D eigenvalue weighted by Crippen LogP contribution is 2.19. The van der Waals surface area contributed by atoms with Crippen molar-refractivity contribution in [1.29, 1.82) is 0 Å². The Labute approximate surface area is 117 Å². The highest BCUT2D eigenvalue weighted by molar-refractivity contribution is 7.85. The van der Waals surface area contributed by atoms with Gasteiger partial charge >= 0.3 is 0 Å². The van der Waals surface area contributed by atoms with Gasteiger partial charge in [-0.1, -0.05) is 6.07 Å². The summed E-state index contributed by atoms with van der Waals surface area (Å²) in [6, 6.07) is 4.37. The van der Waals surface area contributed by atoms with Gasteiger partial charge in [-0.25, -0.2) is 4.98 Å². The largest absolute Gasteiger partial charge is 0.356 e. The molecule has 4 nitrogen and oxygen atoms in total. The highest BCUT2D eigenvalue weighted by atomic mass is 32.2. The Bertz CT molecular complexity index is 478. The van der Waals surface area contributed by atoms with E-state index in [9.17, 15) is 4.21 Å². The van der Waals surface area contributed by atoms with Gasteiger partial charge < -0.3 is 10.2 Å². The maximum atomic E-state index is 11.6. The van der Waals surface area contributed by atoms with E-state index in [1.165, 1.54) is 11.3 Å². The van der Waals surface area contributed by atoms with Gasteiger partial charge in [-0.3, -0.25) is 4.21 Å². The average molecular weight is 279 g/mol. The minimum atomic E-state index is -0.636. The van der Waals surface area contributed by atoms with Crippen molar-refractivity contribution in [2.75, 3.05) is 42.6 Å². The van der Waals surface area contributed by atoms with Crippen LogP contribution in [-0.2, 0) is 23.6 Å². The Kier molecular flexibility index (Phi) is 4.13. The molecule has 1 atom stereocenters. The summed E-state index contributed by atoms with van der Waals surface area (Å²) in [5.41, 5.74) is 2.63. The number of nitrogens with one attached hydrogen (secondary N) is 1. The first-order valence-electron chi connectivity index (χ1n) is 7.12. The quantitative estimate of drug-likeness (QED) is 0.823. The molecule has 1 fully saturated rings. The SMILES string of the molecule is O=S1CCCN(c2ccc3c(n2)CCNCC3)CC1. The topological polar surface area (TPSA) is 45.2 Å². The Morgan fingerprint density at radius 1 is 1.16 bits per heavy atom. The monoisotopic (exact) mass is 279 g/mol. The standard InChI is InChI=1S/C14H21N3OS/c18-19-10-1-8-17(9-11-19)14-3-2-12-4-6-15-7-5-13(12)16-14/h2-3,15H,1,4-11H2. The maximum absolute atomic E-state index is 11.6. The van der Waals surface area contributed by atoms with E-state index in [0.29, 0.717) is 0 Å². The smallest absolute Gasteiger partial charge is 0.128 e. The molecule has 3 heterocycles. The van der Waals surface area contributed by atoms with Crippen LogP contribution in [-0.4, -0.2) is 46.9 Å². The molecular formula is C14H21N3OS. The van der Waals surface area contributed by atoms with Crippen molar-refractivity contribution in [2.45, 2.75) is 19.3 Å². The third-order valence-corrected chi connectivity index (χ3v) is 5.26. The fourth-order valence-corrected chi connectivity index (χ4v) is 3.84. The molecule has 0 aromatic carbocycles. The van der Waals surface area contributed by atoms with E-state index in [1.807, 2.05) is 0 Å². The number of anilines is 1. The second kappa shape index (κ2) is 6.01. The molecule has 0 saturated carbocycles. The average Bonchev–Trinajstić information content (AvgIpc) is 2.78. The molecule has 19 heavy (non-hydrogen) atoms. The Hall–Kier alpha value is -0.940. The van der Waals surface area contributed by atoms with Gasteiger partial charge in [0.25, 0.3) is 0 Å². The van der Waals surface area contributed by atoms with Gasteiger partial charge in [-0.15, -0.1) is 0 Å². The second-order valence-electron chi connectivity index (χ2n) is 5.21. The number of nitrogens with zero attached hydrogens (tertiary/aromatic N) is 2. The predicted molar refractivity (Wildman–Crippen MR) is 79.2 cm³/mol. The molecule has 2 aliphatic heterocycles. The lowest BCUT2D eigenvalue weighted by molar-refractivity contribution is 0.683. The lowest BCUT2D eigenvalue weighted by Crippen LogP contribution is -2.27. The van der Waals surface area contributed by atoms with E-state index in [0.717, 1.165) is 62.8 Å². The molecule has 1 unspecified atom stereocenters. The van der Waals surface area contributed by atoms with Crippen molar-refractivity contribution >= 4 is 16.6 Å². The third kappa shape index (κ3) is 3.15. The maximum Gasteiger partial charge on any atom is 0.128 e. The van der Waals surface area contributed by atoms with Gasteiger partial charge in [0.05, 0.1) is 0 Å². The molecule has 0 radical (unpaired) electrons. The number of hydrogen-bond donors (Lipinski definition) is 1. The van der Waals surface area contributed by atoms with Crippen LogP contribution in [0.1, 0.15) is 17.7 Å². The summed E-state index contributed by atoms with van der Waals surface area (Å²) in [7, 11) is -0.636. The van der Waals surface area contributed by atoms with Crippen LogP contribution in [0.25, 0.3) is 0 Å². The van der Waals surface area contributed by atoms with Crippen molar-refractivity contribution in [1.82, 2.24) is 10.3 Å². The summed E-state index contributed by atoms with van der Waals surface area (Å²) in [4.78, 5) is 7.15. The van der Waals surface area contributed by atoms with Gasteiger partial charge in [0.2, 0.25) is 0 Å². The third-order valence-electron chi connectivity index (χ3n) is 3.88. The molecule has 1 aromatic rings. The summed E-state index contributed by atoms with van der Waals surface area (Å²) in [6.45, 7) is 3.93. The van der Waals surface area contributed by atoms with Crippen LogP contribution < -0.4 is 10.2 Å². The van der Waals surface area contributed by atoms with Gasteiger partial charge in [0.1, 0.15) is 5.82 Å². The van der Waals surface area contributed by atoms with Gasteiger partial charge in [0.15, 0.2) is 0 Å². The molecule has 1 saturated heterocycles. The van der Waals surface area contributed by atoms with Crippen molar-refractivity contribution < 1.29 is 4.21 Å². The van der Waals surface area contributed by atoms with Crippen LogP contribution in [0.5, 0.6) is 0 Å². The first kappa shape index (κ1) is 13.1. The summed E-state index contributed by atoms with van der Waals surface area (Å²) in [6.07, 6.45) is 3.10. The molecule has 0 amide bonds. The summed E-state index contributed by atoms with van der Waals surface area (Å²) < 4.78 is 11.6. The second-order valence-corrected chi connectivity index (χ2v) is 6.91. The zero-order valence-electron chi connectivity index (χ0n) is 11.2. The summed E-state index contributed by atoms with van der Waals surface area (Å²) in [5.74, 6) is 2.69. The van der Waals surface area contributed by atoms with Crippen LogP contribution in [0.3, 0.4) is 0 Å². The normalized spacial score (nSPS) is 24.4. The predicted octanol–water partition coefficient (Wildman–Crippen LogP) is 0.729. The van der Waals surface area contributed by atoms with Gasteiger partial charge in [0, 0.05) is 54.1 Å². The van der Waals surface area contributed by atoms with E-state index in [2.05, 4.69) is 22.3 Å².